The Morgan fingerprint density at radius 2 is 1.92 bits per heavy atom. The maximum atomic E-state index is 10.9. The van der Waals surface area contributed by atoms with Gasteiger partial charge in [0.1, 0.15) is 0 Å². The fourth-order valence-electron chi connectivity index (χ4n) is 0.549. The SMILES string of the molecule is CCOC(=O)CPC(C)(C)C.[B]. The van der Waals surface area contributed by atoms with Crippen LogP contribution in [-0.4, -0.2) is 32.3 Å². The first-order chi connectivity index (χ1) is 4.95. The lowest BCUT2D eigenvalue weighted by molar-refractivity contribution is -0.139. The lowest BCUT2D eigenvalue weighted by Gasteiger charge is -2.16. The van der Waals surface area contributed by atoms with Crippen molar-refractivity contribution in [2.75, 3.05) is 12.8 Å². The zero-order chi connectivity index (χ0) is 8.91. The van der Waals surface area contributed by atoms with E-state index in [2.05, 4.69) is 20.8 Å². The van der Waals surface area contributed by atoms with Gasteiger partial charge < -0.3 is 4.74 Å². The Labute approximate surface area is 78.8 Å². The molecule has 0 heterocycles. The highest BCUT2D eigenvalue weighted by molar-refractivity contribution is 7.41. The lowest BCUT2D eigenvalue weighted by atomic mass is 10.3. The van der Waals surface area contributed by atoms with Crippen molar-refractivity contribution in [2.24, 2.45) is 0 Å². The summed E-state index contributed by atoms with van der Waals surface area (Å²) in [6.07, 6.45) is 0.567. The summed E-state index contributed by atoms with van der Waals surface area (Å²) in [7, 11) is 0.657. The Kier molecular flexibility index (Phi) is 7.82. The maximum absolute atomic E-state index is 10.9. The van der Waals surface area contributed by atoms with Crippen LogP contribution in [0.4, 0.5) is 0 Å². The summed E-state index contributed by atoms with van der Waals surface area (Å²) < 4.78 is 4.81. The second-order valence-electron chi connectivity index (χ2n) is 3.41. The first kappa shape index (κ1) is 14.5. The molecule has 0 aromatic carbocycles. The van der Waals surface area contributed by atoms with Gasteiger partial charge in [0.05, 0.1) is 12.8 Å². The third kappa shape index (κ3) is 9.96. The molecule has 0 fully saturated rings. The van der Waals surface area contributed by atoms with Crippen LogP contribution in [0, 0.1) is 0 Å². The molecule has 1 atom stereocenters. The van der Waals surface area contributed by atoms with E-state index < -0.39 is 0 Å². The third-order valence-electron chi connectivity index (χ3n) is 1.07. The van der Waals surface area contributed by atoms with E-state index in [9.17, 15) is 4.79 Å². The summed E-state index contributed by atoms with van der Waals surface area (Å²) in [5.41, 5.74) is 0. The molecule has 69 valence electrons. The van der Waals surface area contributed by atoms with Crippen LogP contribution in [0.2, 0.25) is 0 Å². The summed E-state index contributed by atoms with van der Waals surface area (Å²) in [5.74, 6) is -0.0687. The lowest BCUT2D eigenvalue weighted by Crippen LogP contribution is -2.12. The summed E-state index contributed by atoms with van der Waals surface area (Å²) in [5, 5.41) is 0.257. The molecular weight excluding hydrogens is 170 g/mol. The molecule has 2 nitrogen and oxygen atoms in total. The summed E-state index contributed by atoms with van der Waals surface area (Å²) in [6, 6.07) is 0. The van der Waals surface area contributed by atoms with E-state index in [0.717, 1.165) is 0 Å². The zero-order valence-electron chi connectivity index (χ0n) is 8.31. The fourth-order valence-corrected chi connectivity index (χ4v) is 1.33. The second-order valence-corrected chi connectivity index (χ2v) is 5.62. The molecule has 1 unspecified atom stereocenters. The highest BCUT2D eigenvalue weighted by Crippen LogP contribution is 2.29. The molecule has 0 aliphatic carbocycles. The van der Waals surface area contributed by atoms with Gasteiger partial charge in [-0.3, -0.25) is 4.79 Å². The number of carbonyl (C=O) groups excluding carboxylic acids is 1. The Balaban J connectivity index is 0. The smallest absolute Gasteiger partial charge is 0.309 e. The zero-order valence-corrected chi connectivity index (χ0v) is 9.31. The van der Waals surface area contributed by atoms with Crippen LogP contribution in [-0.2, 0) is 9.53 Å². The first-order valence-electron chi connectivity index (χ1n) is 3.86. The number of carbonyl (C=O) groups is 1. The van der Waals surface area contributed by atoms with E-state index in [0.29, 0.717) is 21.3 Å². The predicted octanol–water partition coefficient (Wildman–Crippen LogP) is 1.65. The highest BCUT2D eigenvalue weighted by atomic mass is 31.1. The van der Waals surface area contributed by atoms with Crippen LogP contribution < -0.4 is 0 Å². The standard InChI is InChI=1S/C8H17O2P.B/c1-5-10-7(9)6-11-8(2,3)4;/h11H,5-6H2,1-4H3;. The van der Waals surface area contributed by atoms with E-state index in [1.54, 1.807) is 0 Å². The van der Waals surface area contributed by atoms with Crippen molar-refractivity contribution in [3.8, 4) is 0 Å². The normalized spacial score (nSPS) is 11.3. The van der Waals surface area contributed by atoms with Gasteiger partial charge in [-0.25, -0.2) is 0 Å². The van der Waals surface area contributed by atoms with Crippen LogP contribution in [0.1, 0.15) is 27.7 Å². The average molecular weight is 187 g/mol. The minimum absolute atomic E-state index is 0. The van der Waals surface area contributed by atoms with Crippen molar-refractivity contribution in [1.29, 1.82) is 0 Å². The second kappa shape index (κ2) is 6.48. The predicted molar refractivity (Wildman–Crippen MR) is 55.3 cm³/mol. The van der Waals surface area contributed by atoms with Crippen molar-refractivity contribution in [3.63, 3.8) is 0 Å². The van der Waals surface area contributed by atoms with Crippen LogP contribution in [0.3, 0.4) is 0 Å². The largest absolute Gasteiger partial charge is 0.466 e. The first-order valence-corrected chi connectivity index (χ1v) is 5.07. The van der Waals surface area contributed by atoms with Gasteiger partial charge in [-0.2, -0.15) is 0 Å². The fraction of sp³-hybridized carbons (Fsp3) is 0.875. The molecule has 0 aliphatic rings. The van der Waals surface area contributed by atoms with E-state index in [4.69, 9.17) is 4.74 Å². The Morgan fingerprint density at radius 1 is 1.42 bits per heavy atom. The summed E-state index contributed by atoms with van der Waals surface area (Å²) in [4.78, 5) is 10.9. The molecule has 0 aromatic rings. The van der Waals surface area contributed by atoms with Crippen molar-refractivity contribution < 1.29 is 9.53 Å². The number of esters is 1. The number of rotatable bonds is 3. The topological polar surface area (TPSA) is 26.3 Å². The van der Waals surface area contributed by atoms with E-state index in [1.165, 1.54) is 0 Å². The molecule has 0 spiro atoms. The maximum Gasteiger partial charge on any atom is 0.309 e. The van der Waals surface area contributed by atoms with Gasteiger partial charge in [0, 0.05) is 8.41 Å². The summed E-state index contributed by atoms with van der Waals surface area (Å²) in [6.45, 7) is 8.71. The van der Waals surface area contributed by atoms with Gasteiger partial charge in [0.15, 0.2) is 0 Å². The average Bonchev–Trinajstić information content (AvgIpc) is 1.83. The molecule has 0 aliphatic heterocycles. The molecule has 0 N–H and O–H groups in total. The van der Waals surface area contributed by atoms with Crippen molar-refractivity contribution in [2.45, 2.75) is 32.9 Å². The Bertz CT molecular complexity index is 132. The van der Waals surface area contributed by atoms with E-state index in [-0.39, 0.29) is 19.5 Å². The summed E-state index contributed by atoms with van der Waals surface area (Å²) >= 11 is 0. The molecule has 0 bridgehead atoms. The van der Waals surface area contributed by atoms with Crippen LogP contribution in [0.25, 0.3) is 0 Å². The van der Waals surface area contributed by atoms with E-state index in [1.807, 2.05) is 6.92 Å². The monoisotopic (exact) mass is 187 g/mol. The van der Waals surface area contributed by atoms with Crippen molar-refractivity contribution >= 4 is 23.0 Å². The highest BCUT2D eigenvalue weighted by Gasteiger charge is 2.12. The number of hydrogen-bond acceptors (Lipinski definition) is 2. The number of hydrogen-bond donors (Lipinski definition) is 0. The molecule has 0 saturated heterocycles. The number of ether oxygens (including phenoxy) is 1. The molecule has 0 saturated carbocycles. The molecule has 4 heteroatoms. The molecule has 12 heavy (non-hydrogen) atoms. The van der Waals surface area contributed by atoms with Gasteiger partial charge >= 0.3 is 5.97 Å². The molecule has 0 amide bonds. The van der Waals surface area contributed by atoms with E-state index >= 15 is 0 Å². The minimum Gasteiger partial charge on any atom is -0.466 e. The molecule has 0 rings (SSSR count). The minimum atomic E-state index is -0.0687. The van der Waals surface area contributed by atoms with Gasteiger partial charge in [-0.15, -0.1) is 8.58 Å². The van der Waals surface area contributed by atoms with Crippen LogP contribution in [0.5, 0.6) is 0 Å². The van der Waals surface area contributed by atoms with Crippen LogP contribution in [0.15, 0.2) is 0 Å². The third-order valence-corrected chi connectivity index (χ3v) is 2.59. The molecule has 3 radical (unpaired) electrons. The van der Waals surface area contributed by atoms with Gasteiger partial charge in [-0.05, 0) is 12.1 Å². The quantitative estimate of drug-likeness (QED) is 0.381. The Hall–Kier alpha value is -0.0351. The van der Waals surface area contributed by atoms with Gasteiger partial charge in [0.25, 0.3) is 0 Å². The van der Waals surface area contributed by atoms with Crippen molar-refractivity contribution in [1.82, 2.24) is 0 Å². The Morgan fingerprint density at radius 3 is 2.25 bits per heavy atom. The van der Waals surface area contributed by atoms with Gasteiger partial charge in [-0.1, -0.05) is 20.8 Å². The molecule has 0 aromatic heterocycles. The van der Waals surface area contributed by atoms with Gasteiger partial charge in [0.2, 0.25) is 0 Å². The molecular formula is C8H17BO2P. The van der Waals surface area contributed by atoms with Crippen molar-refractivity contribution in [3.05, 3.63) is 0 Å². The van der Waals surface area contributed by atoms with Crippen LogP contribution >= 0.6 is 8.58 Å².